The Balaban J connectivity index is 1.47. The maximum absolute atomic E-state index is 12.3. The Labute approximate surface area is 154 Å². The molecular formula is C19H28N5O2+. The number of nitrogens with zero attached hydrogens (tertiary/aromatic N) is 3. The van der Waals surface area contributed by atoms with Crippen LogP contribution < -0.4 is 10.2 Å². The van der Waals surface area contributed by atoms with E-state index in [1.165, 1.54) is 5.56 Å². The summed E-state index contributed by atoms with van der Waals surface area (Å²) >= 11 is 0. The van der Waals surface area contributed by atoms with Crippen molar-refractivity contribution < 1.29 is 14.4 Å². The molecule has 1 aliphatic heterocycles. The van der Waals surface area contributed by atoms with Gasteiger partial charge in [0.25, 0.3) is 5.91 Å². The largest absolute Gasteiger partial charge is 0.370 e. The van der Waals surface area contributed by atoms with Crippen molar-refractivity contribution in [2.24, 2.45) is 0 Å². The van der Waals surface area contributed by atoms with Crippen molar-refractivity contribution in [2.45, 2.75) is 26.3 Å². The molecule has 0 aliphatic carbocycles. The Morgan fingerprint density at radius 3 is 2.77 bits per heavy atom. The van der Waals surface area contributed by atoms with Crippen LogP contribution in [0.5, 0.6) is 0 Å². The molecule has 1 saturated heterocycles. The molecule has 2 aromatic rings. The topological polar surface area (TPSA) is 73.5 Å². The van der Waals surface area contributed by atoms with Crippen LogP contribution in [0.15, 0.2) is 30.5 Å². The molecule has 26 heavy (non-hydrogen) atoms. The number of nitrogens with one attached hydrogen (secondary N) is 2. The number of benzene rings is 1. The molecule has 1 aliphatic rings. The Morgan fingerprint density at radius 2 is 2.04 bits per heavy atom. The van der Waals surface area contributed by atoms with Crippen LogP contribution in [0.2, 0.25) is 0 Å². The summed E-state index contributed by atoms with van der Waals surface area (Å²) in [5, 5.41) is 11.1. The highest BCUT2D eigenvalue weighted by molar-refractivity contribution is 5.91. The third-order valence-electron chi connectivity index (χ3n) is 4.89. The third kappa shape index (κ3) is 4.89. The Morgan fingerprint density at radius 1 is 1.31 bits per heavy atom. The first-order chi connectivity index (χ1) is 12.6. The molecule has 7 heteroatoms. The van der Waals surface area contributed by atoms with Crippen molar-refractivity contribution in [3.05, 3.63) is 47.3 Å². The maximum atomic E-state index is 12.3. The molecule has 0 bridgehead atoms. The summed E-state index contributed by atoms with van der Waals surface area (Å²) in [6.07, 6.45) is 2.67. The smallest absolute Gasteiger partial charge is 0.273 e. The lowest BCUT2D eigenvalue weighted by Gasteiger charge is -2.23. The second-order valence-corrected chi connectivity index (χ2v) is 6.89. The molecule has 0 saturated carbocycles. The number of hydrogen-bond donors (Lipinski definition) is 2. The number of carbonyl (C=O) groups excluding carboxylic acids is 1. The second kappa shape index (κ2) is 8.91. The Kier molecular flexibility index (Phi) is 6.35. The van der Waals surface area contributed by atoms with E-state index in [1.807, 2.05) is 6.92 Å². The summed E-state index contributed by atoms with van der Waals surface area (Å²) in [6, 6.07) is 8.35. The van der Waals surface area contributed by atoms with E-state index < -0.39 is 0 Å². The van der Waals surface area contributed by atoms with Crippen molar-refractivity contribution >= 4 is 5.91 Å². The average molecular weight is 358 g/mol. The molecule has 0 radical (unpaired) electrons. The second-order valence-electron chi connectivity index (χ2n) is 6.89. The molecule has 1 fully saturated rings. The lowest BCUT2D eigenvalue weighted by Crippen LogP contribution is -3.14. The molecule has 1 aromatic heterocycles. The SMILES string of the molecule is Cc1ccc([C@H](C)n2cc(C(=O)NCCC[NH+]3CCOCC3)nn2)cc1. The highest BCUT2D eigenvalue weighted by atomic mass is 16.5. The van der Waals surface area contributed by atoms with Crippen LogP contribution in [0.4, 0.5) is 0 Å². The predicted molar refractivity (Wildman–Crippen MR) is 98.3 cm³/mol. The number of ether oxygens (including phenoxy) is 1. The van der Waals surface area contributed by atoms with Crippen molar-refractivity contribution in [1.29, 1.82) is 0 Å². The molecule has 1 atom stereocenters. The summed E-state index contributed by atoms with van der Waals surface area (Å²) in [6.45, 7) is 9.61. The third-order valence-corrected chi connectivity index (χ3v) is 4.89. The number of aryl methyl sites for hydroxylation is 1. The first kappa shape index (κ1) is 18.5. The summed E-state index contributed by atoms with van der Waals surface area (Å²) in [5.74, 6) is -0.163. The van der Waals surface area contributed by atoms with E-state index in [4.69, 9.17) is 4.74 Å². The quantitative estimate of drug-likeness (QED) is 0.695. The van der Waals surface area contributed by atoms with Crippen molar-refractivity contribution in [3.8, 4) is 0 Å². The standard InChI is InChI=1S/C19H27N5O2/c1-15-4-6-17(7-5-15)16(2)24-14-18(21-22-24)19(25)20-8-3-9-23-10-12-26-13-11-23/h4-7,14,16H,3,8-13H2,1-2H3,(H,20,25)/p+1/t16-/m0/s1. The molecule has 0 spiro atoms. The van der Waals surface area contributed by atoms with E-state index in [-0.39, 0.29) is 11.9 Å². The fourth-order valence-corrected chi connectivity index (χ4v) is 3.11. The van der Waals surface area contributed by atoms with Gasteiger partial charge in [-0.25, -0.2) is 4.68 Å². The van der Waals surface area contributed by atoms with Gasteiger partial charge in [-0.15, -0.1) is 5.10 Å². The number of rotatable bonds is 7. The van der Waals surface area contributed by atoms with Crippen LogP contribution in [0.3, 0.4) is 0 Å². The predicted octanol–water partition coefficient (Wildman–Crippen LogP) is 0.231. The molecule has 2 heterocycles. The first-order valence-electron chi connectivity index (χ1n) is 9.31. The van der Waals surface area contributed by atoms with Crippen molar-refractivity contribution in [1.82, 2.24) is 20.3 Å². The van der Waals surface area contributed by atoms with Gasteiger partial charge in [-0.2, -0.15) is 0 Å². The highest BCUT2D eigenvalue weighted by Crippen LogP contribution is 2.17. The number of hydrogen-bond acceptors (Lipinski definition) is 4. The van der Waals surface area contributed by atoms with Gasteiger partial charge in [-0.3, -0.25) is 4.79 Å². The molecule has 140 valence electrons. The maximum Gasteiger partial charge on any atom is 0.273 e. The summed E-state index contributed by atoms with van der Waals surface area (Å²) in [4.78, 5) is 13.8. The zero-order valence-electron chi connectivity index (χ0n) is 15.6. The van der Waals surface area contributed by atoms with Gasteiger partial charge in [0, 0.05) is 13.0 Å². The van der Waals surface area contributed by atoms with Crippen LogP contribution >= 0.6 is 0 Å². The minimum Gasteiger partial charge on any atom is -0.370 e. The normalized spacial score (nSPS) is 16.4. The Bertz CT molecular complexity index is 707. The minimum absolute atomic E-state index is 0.0366. The number of morpholine rings is 1. The highest BCUT2D eigenvalue weighted by Gasteiger charge is 2.16. The first-order valence-corrected chi connectivity index (χ1v) is 9.31. The van der Waals surface area contributed by atoms with E-state index in [9.17, 15) is 4.79 Å². The minimum atomic E-state index is -0.163. The zero-order valence-corrected chi connectivity index (χ0v) is 15.6. The van der Waals surface area contributed by atoms with E-state index in [0.717, 1.165) is 44.8 Å². The van der Waals surface area contributed by atoms with Crippen LogP contribution in [-0.2, 0) is 4.74 Å². The van der Waals surface area contributed by atoms with E-state index in [1.54, 1.807) is 15.8 Å². The van der Waals surface area contributed by atoms with Gasteiger partial charge in [-0.05, 0) is 19.4 Å². The van der Waals surface area contributed by atoms with Gasteiger partial charge in [0.15, 0.2) is 5.69 Å². The van der Waals surface area contributed by atoms with E-state index in [0.29, 0.717) is 12.2 Å². The van der Waals surface area contributed by atoms with Gasteiger partial charge in [0.2, 0.25) is 0 Å². The summed E-state index contributed by atoms with van der Waals surface area (Å²) in [7, 11) is 0. The monoisotopic (exact) mass is 358 g/mol. The number of carbonyl (C=O) groups is 1. The molecular weight excluding hydrogens is 330 g/mol. The molecule has 7 nitrogen and oxygen atoms in total. The molecule has 3 rings (SSSR count). The zero-order chi connectivity index (χ0) is 18.4. The van der Waals surface area contributed by atoms with Crippen LogP contribution in [0, 0.1) is 6.92 Å². The van der Waals surface area contributed by atoms with Crippen LogP contribution in [0.1, 0.15) is 41.0 Å². The average Bonchev–Trinajstić information content (AvgIpc) is 3.16. The number of aromatic nitrogens is 3. The number of amides is 1. The lowest BCUT2D eigenvalue weighted by atomic mass is 10.1. The van der Waals surface area contributed by atoms with E-state index in [2.05, 4.69) is 46.8 Å². The van der Waals surface area contributed by atoms with Crippen LogP contribution in [0.25, 0.3) is 0 Å². The van der Waals surface area contributed by atoms with Gasteiger partial charge in [-0.1, -0.05) is 35.0 Å². The van der Waals surface area contributed by atoms with Gasteiger partial charge < -0.3 is 15.0 Å². The fourth-order valence-electron chi connectivity index (χ4n) is 3.11. The fraction of sp³-hybridized carbons (Fsp3) is 0.526. The Hall–Kier alpha value is -2.25. The van der Waals surface area contributed by atoms with Gasteiger partial charge in [0.1, 0.15) is 13.1 Å². The lowest BCUT2D eigenvalue weighted by molar-refractivity contribution is -0.908. The molecule has 1 amide bonds. The van der Waals surface area contributed by atoms with Crippen molar-refractivity contribution in [2.75, 3.05) is 39.4 Å². The number of quaternary nitrogens is 1. The van der Waals surface area contributed by atoms with Crippen molar-refractivity contribution in [3.63, 3.8) is 0 Å². The molecule has 0 unspecified atom stereocenters. The summed E-state index contributed by atoms with van der Waals surface area (Å²) in [5.41, 5.74) is 2.72. The molecule has 2 N–H and O–H groups in total. The van der Waals surface area contributed by atoms with E-state index >= 15 is 0 Å². The van der Waals surface area contributed by atoms with Crippen LogP contribution in [-0.4, -0.2) is 60.3 Å². The summed E-state index contributed by atoms with van der Waals surface area (Å²) < 4.78 is 7.09. The van der Waals surface area contributed by atoms with Gasteiger partial charge >= 0.3 is 0 Å². The van der Waals surface area contributed by atoms with Gasteiger partial charge in [0.05, 0.1) is 32.0 Å². The molecule has 1 aromatic carbocycles.